The number of ether oxygens (including phenoxy) is 1. The summed E-state index contributed by atoms with van der Waals surface area (Å²) in [5, 5.41) is -0.0119. The van der Waals surface area contributed by atoms with Gasteiger partial charge in [0.15, 0.2) is 16.7 Å². The molecule has 68 valence electrons. The highest BCUT2D eigenvalue weighted by molar-refractivity contribution is 8.14. The Balaban J connectivity index is 2.54. The van der Waals surface area contributed by atoms with Gasteiger partial charge in [0.1, 0.15) is 0 Å². The van der Waals surface area contributed by atoms with E-state index in [9.17, 15) is 9.18 Å². The highest BCUT2D eigenvalue weighted by atomic mass is 32.2. The summed E-state index contributed by atoms with van der Waals surface area (Å²) < 4.78 is 18.3. The van der Waals surface area contributed by atoms with E-state index in [4.69, 9.17) is 4.74 Å². The van der Waals surface area contributed by atoms with Gasteiger partial charge in [-0.25, -0.2) is 4.39 Å². The van der Waals surface area contributed by atoms with E-state index >= 15 is 0 Å². The lowest BCUT2D eigenvalue weighted by molar-refractivity contribution is -0.110. The van der Waals surface area contributed by atoms with E-state index in [2.05, 4.69) is 0 Å². The number of hydrogen-bond acceptors (Lipinski definition) is 3. The van der Waals surface area contributed by atoms with Gasteiger partial charge in [0.25, 0.3) is 0 Å². The Bertz CT molecular complexity index is 376. The first kappa shape index (κ1) is 8.56. The number of rotatable bonds is 1. The number of methoxy groups -OCH3 is 1. The van der Waals surface area contributed by atoms with Crippen molar-refractivity contribution in [3.63, 3.8) is 0 Å². The van der Waals surface area contributed by atoms with E-state index in [1.165, 1.54) is 7.11 Å². The lowest BCUT2D eigenvalue weighted by atomic mass is 10.1. The first-order chi connectivity index (χ1) is 6.22. The van der Waals surface area contributed by atoms with E-state index < -0.39 is 5.82 Å². The molecule has 0 bridgehead atoms. The molecule has 1 aliphatic heterocycles. The molecule has 0 aliphatic carbocycles. The molecule has 1 aromatic carbocycles. The summed E-state index contributed by atoms with van der Waals surface area (Å²) in [5.41, 5.74) is 0.758. The maximum Gasteiger partial charge on any atom is 0.198 e. The van der Waals surface area contributed by atoms with Gasteiger partial charge in [-0.15, -0.1) is 0 Å². The van der Waals surface area contributed by atoms with E-state index in [0.717, 1.165) is 17.3 Å². The lowest BCUT2D eigenvalue weighted by Crippen LogP contribution is -1.91. The van der Waals surface area contributed by atoms with E-state index in [1.54, 1.807) is 12.1 Å². The van der Waals surface area contributed by atoms with Crippen molar-refractivity contribution in [2.45, 2.75) is 11.3 Å². The third-order valence-corrected chi connectivity index (χ3v) is 2.93. The minimum absolute atomic E-state index is 0.0119. The van der Waals surface area contributed by atoms with Crippen molar-refractivity contribution >= 4 is 16.9 Å². The van der Waals surface area contributed by atoms with Crippen LogP contribution in [0.2, 0.25) is 0 Å². The van der Waals surface area contributed by atoms with Crippen LogP contribution in [0.5, 0.6) is 5.75 Å². The van der Waals surface area contributed by atoms with Gasteiger partial charge in [0, 0.05) is 6.42 Å². The molecule has 0 N–H and O–H groups in total. The van der Waals surface area contributed by atoms with E-state index in [1.807, 2.05) is 0 Å². The first-order valence-electron chi connectivity index (χ1n) is 3.78. The molecule has 0 unspecified atom stereocenters. The fourth-order valence-electron chi connectivity index (χ4n) is 1.29. The Kier molecular flexibility index (Phi) is 2.00. The van der Waals surface area contributed by atoms with Gasteiger partial charge in [-0.2, -0.15) is 0 Å². The van der Waals surface area contributed by atoms with Crippen LogP contribution in [0, 0.1) is 5.82 Å². The fourth-order valence-corrected chi connectivity index (χ4v) is 2.21. The van der Waals surface area contributed by atoms with Crippen molar-refractivity contribution in [2.24, 2.45) is 0 Å². The molecule has 0 spiro atoms. The predicted molar refractivity (Wildman–Crippen MR) is 47.5 cm³/mol. The van der Waals surface area contributed by atoms with Crippen molar-refractivity contribution in [3.05, 3.63) is 23.5 Å². The number of halogens is 1. The molecule has 4 heteroatoms. The molecule has 13 heavy (non-hydrogen) atoms. The third kappa shape index (κ3) is 1.31. The number of carbonyl (C=O) groups excluding carboxylic acids is 1. The van der Waals surface area contributed by atoms with E-state index in [-0.39, 0.29) is 10.9 Å². The Labute approximate surface area is 79.1 Å². The minimum Gasteiger partial charge on any atom is -0.494 e. The Morgan fingerprint density at radius 1 is 1.54 bits per heavy atom. The lowest BCUT2D eigenvalue weighted by Gasteiger charge is -2.04. The molecule has 0 fully saturated rings. The monoisotopic (exact) mass is 198 g/mol. The van der Waals surface area contributed by atoms with Crippen molar-refractivity contribution in [3.8, 4) is 5.75 Å². The standard InChI is InChI=1S/C9H7FO2S/c1-12-6-3-2-5-4-7(11)13-9(5)8(6)10/h2-3H,4H2,1H3. The van der Waals surface area contributed by atoms with Gasteiger partial charge in [-0.1, -0.05) is 6.07 Å². The summed E-state index contributed by atoms with van der Waals surface area (Å²) in [7, 11) is 1.41. The molecule has 0 amide bonds. The molecule has 0 radical (unpaired) electrons. The molecule has 2 rings (SSSR count). The third-order valence-electron chi connectivity index (χ3n) is 1.91. The Morgan fingerprint density at radius 3 is 3.00 bits per heavy atom. The SMILES string of the molecule is COc1ccc2c(c1F)SC(=O)C2. The number of fused-ring (bicyclic) bond motifs is 1. The van der Waals surface area contributed by atoms with Crippen LogP contribution in [0.4, 0.5) is 4.39 Å². The first-order valence-corrected chi connectivity index (χ1v) is 4.60. The molecule has 0 saturated heterocycles. The van der Waals surface area contributed by atoms with Crippen LogP contribution < -0.4 is 4.74 Å². The summed E-state index contributed by atoms with van der Waals surface area (Å²) in [5.74, 6) is -0.225. The van der Waals surface area contributed by atoms with Crippen molar-refractivity contribution in [1.29, 1.82) is 0 Å². The van der Waals surface area contributed by atoms with Crippen LogP contribution >= 0.6 is 11.8 Å². The van der Waals surface area contributed by atoms with Gasteiger partial charge in [0.05, 0.1) is 12.0 Å². The summed E-state index contributed by atoms with van der Waals surface area (Å²) in [6.45, 7) is 0. The van der Waals surface area contributed by atoms with E-state index in [0.29, 0.717) is 11.3 Å². The molecule has 0 saturated carbocycles. The zero-order valence-electron chi connectivity index (χ0n) is 6.96. The van der Waals surface area contributed by atoms with Crippen LogP contribution in [-0.2, 0) is 11.2 Å². The smallest absolute Gasteiger partial charge is 0.198 e. The largest absolute Gasteiger partial charge is 0.494 e. The molecule has 0 atom stereocenters. The normalized spacial score (nSPS) is 14.5. The fraction of sp³-hybridized carbons (Fsp3) is 0.222. The summed E-state index contributed by atoms with van der Waals surface area (Å²) in [6.07, 6.45) is 0.320. The summed E-state index contributed by atoms with van der Waals surface area (Å²) in [4.78, 5) is 11.4. The molecule has 1 aliphatic rings. The van der Waals surface area contributed by atoms with Crippen molar-refractivity contribution < 1.29 is 13.9 Å². The van der Waals surface area contributed by atoms with Gasteiger partial charge in [0.2, 0.25) is 0 Å². The second kappa shape index (κ2) is 3.03. The predicted octanol–water partition coefficient (Wildman–Crippen LogP) is 2.01. The van der Waals surface area contributed by atoms with Crippen LogP contribution in [-0.4, -0.2) is 12.2 Å². The van der Waals surface area contributed by atoms with Crippen LogP contribution in [0.15, 0.2) is 17.0 Å². The molecule has 1 aromatic rings. The second-order valence-electron chi connectivity index (χ2n) is 2.72. The minimum atomic E-state index is -0.421. The molecule has 0 aromatic heterocycles. The maximum atomic E-state index is 13.4. The average molecular weight is 198 g/mol. The topological polar surface area (TPSA) is 26.3 Å². The molecular weight excluding hydrogens is 191 g/mol. The number of thioether (sulfide) groups is 1. The summed E-state index contributed by atoms with van der Waals surface area (Å²) >= 11 is 0.953. The van der Waals surface area contributed by atoms with Crippen LogP contribution in [0.1, 0.15) is 5.56 Å². The molecule has 2 nitrogen and oxygen atoms in total. The Morgan fingerprint density at radius 2 is 2.31 bits per heavy atom. The van der Waals surface area contributed by atoms with Crippen molar-refractivity contribution in [2.75, 3.05) is 7.11 Å². The van der Waals surface area contributed by atoms with Gasteiger partial charge < -0.3 is 4.74 Å². The van der Waals surface area contributed by atoms with Gasteiger partial charge in [-0.3, -0.25) is 4.79 Å². The zero-order valence-corrected chi connectivity index (χ0v) is 7.78. The Hall–Kier alpha value is -1.03. The van der Waals surface area contributed by atoms with Crippen LogP contribution in [0.25, 0.3) is 0 Å². The second-order valence-corrected chi connectivity index (χ2v) is 3.79. The maximum absolute atomic E-state index is 13.4. The van der Waals surface area contributed by atoms with Gasteiger partial charge >= 0.3 is 0 Å². The van der Waals surface area contributed by atoms with Crippen LogP contribution in [0.3, 0.4) is 0 Å². The van der Waals surface area contributed by atoms with Gasteiger partial charge in [-0.05, 0) is 23.4 Å². The highest BCUT2D eigenvalue weighted by Crippen LogP contribution is 2.38. The number of carbonyl (C=O) groups is 1. The quantitative estimate of drug-likeness (QED) is 0.690. The number of benzene rings is 1. The van der Waals surface area contributed by atoms with Crippen molar-refractivity contribution in [1.82, 2.24) is 0 Å². The highest BCUT2D eigenvalue weighted by Gasteiger charge is 2.24. The summed E-state index contributed by atoms with van der Waals surface area (Å²) in [6, 6.07) is 3.28. The average Bonchev–Trinajstić information content (AvgIpc) is 2.47. The molecule has 1 heterocycles. The zero-order chi connectivity index (χ0) is 9.42. The number of hydrogen-bond donors (Lipinski definition) is 0. The molecular formula is C9H7FO2S.